The van der Waals surface area contributed by atoms with Crippen molar-refractivity contribution in [2.45, 2.75) is 43.4 Å². The summed E-state index contributed by atoms with van der Waals surface area (Å²) in [6, 6.07) is -0.420. The topological polar surface area (TPSA) is 79.4 Å². The minimum atomic E-state index is -3.50. The monoisotopic (exact) mass is 315 g/mol. The molecule has 2 fully saturated rings. The zero-order valence-corrected chi connectivity index (χ0v) is 12.6. The van der Waals surface area contributed by atoms with Gasteiger partial charge in [-0.2, -0.15) is 0 Å². The minimum Gasteiger partial charge on any atom is -0.336 e. The van der Waals surface area contributed by atoms with Gasteiger partial charge in [0.05, 0.1) is 5.25 Å². The lowest BCUT2D eigenvalue weighted by Gasteiger charge is -2.27. The van der Waals surface area contributed by atoms with E-state index >= 15 is 0 Å². The SMILES string of the molecule is O=C(NS(=O)(=O)C1CCC1)C1CCCN1c1nccs1. The fraction of sp³-hybridized carbons (Fsp3) is 0.667. The molecule has 1 aromatic heterocycles. The van der Waals surface area contributed by atoms with Crippen LogP contribution in [0.3, 0.4) is 0 Å². The second-order valence-corrected chi connectivity index (χ2v) is 8.06. The Bertz CT molecular complexity index is 581. The van der Waals surface area contributed by atoms with Gasteiger partial charge in [-0.3, -0.25) is 9.52 Å². The molecular formula is C12H17N3O3S2. The lowest BCUT2D eigenvalue weighted by molar-refractivity contribution is -0.120. The largest absolute Gasteiger partial charge is 0.336 e. The van der Waals surface area contributed by atoms with Gasteiger partial charge in [0.1, 0.15) is 6.04 Å². The molecule has 1 N–H and O–H groups in total. The molecule has 0 aromatic carbocycles. The maximum atomic E-state index is 12.3. The van der Waals surface area contributed by atoms with Gasteiger partial charge in [-0.15, -0.1) is 11.3 Å². The Hall–Kier alpha value is -1.15. The van der Waals surface area contributed by atoms with Crippen molar-refractivity contribution in [2.75, 3.05) is 11.4 Å². The molecule has 1 saturated heterocycles. The predicted molar refractivity (Wildman–Crippen MR) is 77.2 cm³/mol. The maximum absolute atomic E-state index is 12.3. The average molecular weight is 315 g/mol. The van der Waals surface area contributed by atoms with Gasteiger partial charge in [-0.1, -0.05) is 6.42 Å². The smallest absolute Gasteiger partial charge is 0.256 e. The number of amides is 1. The number of carbonyl (C=O) groups is 1. The van der Waals surface area contributed by atoms with E-state index in [2.05, 4.69) is 9.71 Å². The van der Waals surface area contributed by atoms with Gasteiger partial charge < -0.3 is 4.90 Å². The van der Waals surface area contributed by atoms with Crippen LogP contribution >= 0.6 is 11.3 Å². The average Bonchev–Trinajstić information content (AvgIpc) is 2.96. The van der Waals surface area contributed by atoms with Gasteiger partial charge in [-0.25, -0.2) is 13.4 Å². The predicted octanol–water partition coefficient (Wildman–Crippen LogP) is 1.11. The van der Waals surface area contributed by atoms with E-state index in [9.17, 15) is 13.2 Å². The van der Waals surface area contributed by atoms with Gasteiger partial charge in [0.15, 0.2) is 5.13 Å². The molecule has 110 valence electrons. The third-order valence-electron chi connectivity index (χ3n) is 3.95. The number of anilines is 1. The van der Waals surface area contributed by atoms with Crippen molar-refractivity contribution in [3.05, 3.63) is 11.6 Å². The molecule has 1 saturated carbocycles. The van der Waals surface area contributed by atoms with Crippen LogP contribution in [0.1, 0.15) is 32.1 Å². The number of sulfonamides is 1. The van der Waals surface area contributed by atoms with E-state index in [1.54, 1.807) is 6.20 Å². The van der Waals surface area contributed by atoms with Crippen molar-refractivity contribution in [1.82, 2.24) is 9.71 Å². The summed E-state index contributed by atoms with van der Waals surface area (Å²) in [5.74, 6) is -0.412. The van der Waals surface area contributed by atoms with E-state index in [0.717, 1.165) is 24.5 Å². The van der Waals surface area contributed by atoms with Crippen LogP contribution in [-0.2, 0) is 14.8 Å². The molecule has 2 heterocycles. The first-order chi connectivity index (χ1) is 9.58. The van der Waals surface area contributed by atoms with E-state index in [-0.39, 0.29) is 5.25 Å². The standard InChI is InChI=1S/C12H17N3O3S2/c16-11(14-20(17,18)9-3-1-4-9)10-5-2-7-15(10)12-13-6-8-19-12/h6,8-10H,1-5,7H2,(H,14,16). The Balaban J connectivity index is 1.70. The number of thiazole rings is 1. The number of nitrogens with zero attached hydrogens (tertiary/aromatic N) is 2. The molecule has 1 amide bonds. The zero-order valence-electron chi connectivity index (χ0n) is 11.0. The summed E-state index contributed by atoms with van der Waals surface area (Å²) in [5.41, 5.74) is 0. The summed E-state index contributed by atoms with van der Waals surface area (Å²) in [6.45, 7) is 0.745. The van der Waals surface area contributed by atoms with Crippen LogP contribution in [0.4, 0.5) is 5.13 Å². The van der Waals surface area contributed by atoms with Crippen molar-refractivity contribution in [3.63, 3.8) is 0 Å². The van der Waals surface area contributed by atoms with Gasteiger partial charge in [0.25, 0.3) is 5.91 Å². The van der Waals surface area contributed by atoms with Gasteiger partial charge >= 0.3 is 0 Å². The molecule has 1 atom stereocenters. The quantitative estimate of drug-likeness (QED) is 0.900. The van der Waals surface area contributed by atoms with Crippen LogP contribution in [0, 0.1) is 0 Å². The first-order valence-electron chi connectivity index (χ1n) is 6.79. The molecule has 1 aliphatic heterocycles. The zero-order chi connectivity index (χ0) is 14.2. The third kappa shape index (κ3) is 2.54. The van der Waals surface area contributed by atoms with E-state index in [1.807, 2.05) is 10.3 Å². The van der Waals surface area contributed by atoms with Crippen LogP contribution in [-0.4, -0.2) is 37.1 Å². The summed E-state index contributed by atoms with van der Waals surface area (Å²) in [4.78, 5) is 18.4. The fourth-order valence-corrected chi connectivity index (χ4v) is 4.85. The van der Waals surface area contributed by atoms with Gasteiger partial charge in [0, 0.05) is 18.1 Å². The van der Waals surface area contributed by atoms with Crippen LogP contribution in [0.5, 0.6) is 0 Å². The summed E-state index contributed by atoms with van der Waals surface area (Å²) < 4.78 is 26.3. The molecule has 0 spiro atoms. The fourth-order valence-electron chi connectivity index (χ4n) is 2.60. The molecule has 0 radical (unpaired) electrons. The number of carbonyl (C=O) groups excluding carboxylic acids is 1. The normalized spacial score (nSPS) is 23.6. The summed E-state index contributed by atoms with van der Waals surface area (Å²) in [7, 11) is -3.50. The van der Waals surface area contributed by atoms with Crippen molar-refractivity contribution < 1.29 is 13.2 Å². The van der Waals surface area contributed by atoms with E-state index in [0.29, 0.717) is 19.3 Å². The van der Waals surface area contributed by atoms with Crippen molar-refractivity contribution in [2.24, 2.45) is 0 Å². The molecule has 0 bridgehead atoms. The Kier molecular flexibility index (Phi) is 3.68. The van der Waals surface area contributed by atoms with Crippen LogP contribution < -0.4 is 9.62 Å². The van der Waals surface area contributed by atoms with Crippen LogP contribution in [0.25, 0.3) is 0 Å². The molecule has 1 aromatic rings. The Morgan fingerprint density at radius 3 is 2.75 bits per heavy atom. The summed E-state index contributed by atoms with van der Waals surface area (Å²) in [5, 5.41) is 2.25. The summed E-state index contributed by atoms with van der Waals surface area (Å²) >= 11 is 1.47. The van der Waals surface area contributed by atoms with E-state index in [4.69, 9.17) is 0 Å². The van der Waals surface area contributed by atoms with Crippen molar-refractivity contribution in [1.29, 1.82) is 0 Å². The first-order valence-corrected chi connectivity index (χ1v) is 9.22. The van der Waals surface area contributed by atoms with Gasteiger partial charge in [0.2, 0.25) is 10.0 Å². The second kappa shape index (κ2) is 5.33. The Morgan fingerprint density at radius 2 is 2.15 bits per heavy atom. The number of aromatic nitrogens is 1. The van der Waals surface area contributed by atoms with Gasteiger partial charge in [-0.05, 0) is 25.7 Å². The lowest BCUT2D eigenvalue weighted by Crippen LogP contribution is -2.49. The third-order valence-corrected chi connectivity index (χ3v) is 6.60. The highest BCUT2D eigenvalue weighted by molar-refractivity contribution is 7.90. The summed E-state index contributed by atoms with van der Waals surface area (Å²) in [6.07, 6.45) is 5.48. The lowest BCUT2D eigenvalue weighted by atomic mass is 10.0. The first kappa shape index (κ1) is 13.8. The second-order valence-electron chi connectivity index (χ2n) is 5.23. The van der Waals surface area contributed by atoms with Crippen LogP contribution in [0.15, 0.2) is 11.6 Å². The number of nitrogens with one attached hydrogen (secondary N) is 1. The maximum Gasteiger partial charge on any atom is 0.256 e. The highest BCUT2D eigenvalue weighted by Crippen LogP contribution is 2.29. The number of hydrogen-bond donors (Lipinski definition) is 1. The highest BCUT2D eigenvalue weighted by atomic mass is 32.2. The number of hydrogen-bond acceptors (Lipinski definition) is 6. The molecule has 1 aliphatic carbocycles. The molecule has 6 nitrogen and oxygen atoms in total. The van der Waals surface area contributed by atoms with Crippen LogP contribution in [0.2, 0.25) is 0 Å². The van der Waals surface area contributed by atoms with E-state index < -0.39 is 22.0 Å². The Labute approximate surface area is 122 Å². The number of rotatable bonds is 4. The Morgan fingerprint density at radius 1 is 1.35 bits per heavy atom. The van der Waals surface area contributed by atoms with E-state index in [1.165, 1.54) is 11.3 Å². The molecule has 20 heavy (non-hydrogen) atoms. The molecular weight excluding hydrogens is 298 g/mol. The highest BCUT2D eigenvalue weighted by Gasteiger charge is 2.37. The van der Waals surface area contributed by atoms with Crippen molar-refractivity contribution in [3.8, 4) is 0 Å². The molecule has 1 unspecified atom stereocenters. The molecule has 3 rings (SSSR count). The molecule has 8 heteroatoms. The minimum absolute atomic E-state index is 0.388. The molecule has 2 aliphatic rings. The van der Waals surface area contributed by atoms with Crippen molar-refractivity contribution >= 4 is 32.4 Å².